The van der Waals surface area contributed by atoms with Crippen LogP contribution in [0.4, 0.5) is 0 Å². The van der Waals surface area contributed by atoms with Crippen molar-refractivity contribution in [2.24, 2.45) is 0 Å². The Balaban J connectivity index is 2.17. The predicted octanol–water partition coefficient (Wildman–Crippen LogP) is 1.75. The second kappa shape index (κ2) is 4.65. The van der Waals surface area contributed by atoms with Gasteiger partial charge in [0.1, 0.15) is 0 Å². The van der Waals surface area contributed by atoms with E-state index in [0.717, 1.165) is 11.1 Å². The van der Waals surface area contributed by atoms with Crippen molar-refractivity contribution in [1.29, 1.82) is 5.26 Å². The maximum atomic E-state index is 10.4. The number of aliphatic hydroxyl groups is 1. The van der Waals surface area contributed by atoms with E-state index < -0.39 is 5.60 Å². The third-order valence-electron chi connectivity index (χ3n) is 3.09. The van der Waals surface area contributed by atoms with E-state index >= 15 is 0 Å². The number of nitrogens with zero attached hydrogens (tertiary/aromatic N) is 1. The van der Waals surface area contributed by atoms with Crippen LogP contribution in [0.25, 0.3) is 0 Å². The van der Waals surface area contributed by atoms with Crippen LogP contribution in [0, 0.1) is 11.3 Å². The summed E-state index contributed by atoms with van der Waals surface area (Å²) in [6.07, 6.45) is 1.71. The van der Waals surface area contributed by atoms with Crippen molar-refractivity contribution in [3.05, 3.63) is 35.4 Å². The summed E-state index contributed by atoms with van der Waals surface area (Å²) in [7, 11) is 0. The molecule has 0 amide bonds. The zero-order valence-corrected chi connectivity index (χ0v) is 9.15. The summed E-state index contributed by atoms with van der Waals surface area (Å²) >= 11 is 0. The lowest BCUT2D eigenvalue weighted by Crippen LogP contribution is -2.33. The fourth-order valence-corrected chi connectivity index (χ4v) is 2.02. The topological polar surface area (TPSA) is 53.2 Å². The van der Waals surface area contributed by atoms with Gasteiger partial charge in [-0.05, 0) is 11.1 Å². The molecule has 0 atom stereocenters. The van der Waals surface area contributed by atoms with Crippen molar-refractivity contribution in [1.82, 2.24) is 0 Å². The summed E-state index contributed by atoms with van der Waals surface area (Å²) < 4.78 is 5.25. The first kappa shape index (κ1) is 11.1. The standard InChI is InChI=1S/C13H15NO2/c14-8-5-11-1-3-12(4-2-11)13(15)6-9-16-10-7-13/h1-4,15H,5-7,9-10H2. The van der Waals surface area contributed by atoms with Gasteiger partial charge in [-0.3, -0.25) is 0 Å². The van der Waals surface area contributed by atoms with Gasteiger partial charge in [-0.2, -0.15) is 5.26 Å². The Hall–Kier alpha value is -1.37. The van der Waals surface area contributed by atoms with Gasteiger partial charge in [-0.25, -0.2) is 0 Å². The number of hydrogen-bond acceptors (Lipinski definition) is 3. The molecule has 1 saturated heterocycles. The van der Waals surface area contributed by atoms with Crippen LogP contribution in [-0.2, 0) is 16.8 Å². The molecule has 1 N–H and O–H groups in total. The van der Waals surface area contributed by atoms with Crippen LogP contribution >= 0.6 is 0 Å². The molecular weight excluding hydrogens is 202 g/mol. The molecule has 16 heavy (non-hydrogen) atoms. The van der Waals surface area contributed by atoms with Gasteiger partial charge in [-0.15, -0.1) is 0 Å². The summed E-state index contributed by atoms with van der Waals surface area (Å²) in [5.41, 5.74) is 1.17. The minimum atomic E-state index is -0.747. The second-order valence-electron chi connectivity index (χ2n) is 4.18. The van der Waals surface area contributed by atoms with Gasteiger partial charge in [0, 0.05) is 26.1 Å². The van der Waals surface area contributed by atoms with Gasteiger partial charge in [0.25, 0.3) is 0 Å². The van der Waals surface area contributed by atoms with Crippen LogP contribution in [0.5, 0.6) is 0 Å². The third-order valence-corrected chi connectivity index (χ3v) is 3.09. The molecule has 0 aliphatic carbocycles. The lowest BCUT2D eigenvalue weighted by molar-refractivity contribution is -0.0679. The fraction of sp³-hybridized carbons (Fsp3) is 0.462. The van der Waals surface area contributed by atoms with Crippen LogP contribution in [0.3, 0.4) is 0 Å². The molecule has 3 heteroatoms. The molecule has 0 unspecified atom stereocenters. The van der Waals surface area contributed by atoms with Crippen molar-refractivity contribution in [2.45, 2.75) is 24.9 Å². The summed E-state index contributed by atoms with van der Waals surface area (Å²) in [6, 6.07) is 9.76. The normalized spacial score (nSPS) is 19.0. The maximum absolute atomic E-state index is 10.4. The first-order valence-electron chi connectivity index (χ1n) is 5.51. The van der Waals surface area contributed by atoms with E-state index in [1.807, 2.05) is 24.3 Å². The molecule has 0 bridgehead atoms. The molecule has 0 radical (unpaired) electrons. The summed E-state index contributed by atoms with van der Waals surface area (Å²) in [5.74, 6) is 0. The molecule has 0 saturated carbocycles. The SMILES string of the molecule is N#CCc1ccc(C2(O)CCOCC2)cc1. The quantitative estimate of drug-likeness (QED) is 0.821. The van der Waals surface area contributed by atoms with Gasteiger partial charge in [0.2, 0.25) is 0 Å². The molecule has 1 aromatic rings. The second-order valence-corrected chi connectivity index (χ2v) is 4.18. The average molecular weight is 217 g/mol. The Morgan fingerprint density at radius 2 is 1.88 bits per heavy atom. The highest BCUT2D eigenvalue weighted by Crippen LogP contribution is 2.31. The first-order chi connectivity index (χ1) is 7.74. The summed E-state index contributed by atoms with van der Waals surface area (Å²) in [6.45, 7) is 1.22. The smallest absolute Gasteiger partial charge is 0.0940 e. The highest BCUT2D eigenvalue weighted by Gasteiger charge is 2.31. The lowest BCUT2D eigenvalue weighted by atomic mass is 9.86. The number of nitriles is 1. The highest BCUT2D eigenvalue weighted by molar-refractivity contribution is 5.28. The minimum Gasteiger partial charge on any atom is -0.385 e. The van der Waals surface area contributed by atoms with Gasteiger partial charge in [0.05, 0.1) is 18.1 Å². The Morgan fingerprint density at radius 1 is 1.25 bits per heavy atom. The number of ether oxygens (including phenoxy) is 1. The van der Waals surface area contributed by atoms with Crippen LogP contribution in [-0.4, -0.2) is 18.3 Å². The van der Waals surface area contributed by atoms with E-state index in [-0.39, 0.29) is 0 Å². The van der Waals surface area contributed by atoms with E-state index in [2.05, 4.69) is 6.07 Å². The van der Waals surface area contributed by atoms with Gasteiger partial charge in [-0.1, -0.05) is 24.3 Å². The van der Waals surface area contributed by atoms with E-state index in [9.17, 15) is 5.11 Å². The summed E-state index contributed by atoms with van der Waals surface area (Å²) in [5, 5.41) is 19.0. The number of hydrogen-bond donors (Lipinski definition) is 1. The molecule has 1 aliphatic heterocycles. The van der Waals surface area contributed by atoms with E-state index in [0.29, 0.717) is 32.5 Å². The minimum absolute atomic E-state index is 0.418. The Bertz CT molecular complexity index is 385. The van der Waals surface area contributed by atoms with Gasteiger partial charge >= 0.3 is 0 Å². The average Bonchev–Trinajstić information content (AvgIpc) is 2.31. The molecule has 0 aromatic heterocycles. The van der Waals surface area contributed by atoms with Gasteiger partial charge < -0.3 is 9.84 Å². The van der Waals surface area contributed by atoms with Crippen molar-refractivity contribution in [2.75, 3.05) is 13.2 Å². The fourth-order valence-electron chi connectivity index (χ4n) is 2.02. The van der Waals surface area contributed by atoms with E-state index in [4.69, 9.17) is 10.00 Å². The number of rotatable bonds is 2. The van der Waals surface area contributed by atoms with E-state index in [1.54, 1.807) is 0 Å². The predicted molar refractivity (Wildman–Crippen MR) is 59.7 cm³/mol. The molecule has 1 heterocycles. The number of benzene rings is 1. The van der Waals surface area contributed by atoms with Crippen LogP contribution < -0.4 is 0 Å². The molecule has 0 spiro atoms. The van der Waals surface area contributed by atoms with Gasteiger partial charge in [0.15, 0.2) is 0 Å². The molecule has 2 rings (SSSR count). The molecular formula is C13H15NO2. The third kappa shape index (κ3) is 2.24. The van der Waals surface area contributed by atoms with Crippen molar-refractivity contribution >= 4 is 0 Å². The monoisotopic (exact) mass is 217 g/mol. The molecule has 1 fully saturated rings. The largest absolute Gasteiger partial charge is 0.385 e. The zero-order chi connectivity index (χ0) is 11.4. The van der Waals surface area contributed by atoms with Crippen molar-refractivity contribution in [3.63, 3.8) is 0 Å². The van der Waals surface area contributed by atoms with Crippen LogP contribution in [0.15, 0.2) is 24.3 Å². The first-order valence-corrected chi connectivity index (χ1v) is 5.51. The zero-order valence-electron chi connectivity index (χ0n) is 9.15. The lowest BCUT2D eigenvalue weighted by Gasteiger charge is -2.32. The molecule has 84 valence electrons. The van der Waals surface area contributed by atoms with Crippen molar-refractivity contribution in [3.8, 4) is 6.07 Å². The van der Waals surface area contributed by atoms with Crippen LogP contribution in [0.2, 0.25) is 0 Å². The Kier molecular flexibility index (Phi) is 3.23. The highest BCUT2D eigenvalue weighted by atomic mass is 16.5. The molecule has 1 aromatic carbocycles. The Morgan fingerprint density at radius 3 is 2.44 bits per heavy atom. The molecule has 1 aliphatic rings. The Labute approximate surface area is 95.3 Å². The van der Waals surface area contributed by atoms with Crippen LogP contribution in [0.1, 0.15) is 24.0 Å². The van der Waals surface area contributed by atoms with E-state index in [1.165, 1.54) is 0 Å². The maximum Gasteiger partial charge on any atom is 0.0940 e. The summed E-state index contributed by atoms with van der Waals surface area (Å²) in [4.78, 5) is 0. The van der Waals surface area contributed by atoms with Crippen molar-refractivity contribution < 1.29 is 9.84 Å². The molecule has 3 nitrogen and oxygen atoms in total.